The summed E-state index contributed by atoms with van der Waals surface area (Å²) in [6, 6.07) is 13.9. The van der Waals surface area contributed by atoms with Crippen molar-refractivity contribution >= 4 is 15.9 Å². The Morgan fingerprint density at radius 1 is 1.16 bits per heavy atom. The summed E-state index contributed by atoms with van der Waals surface area (Å²) in [6.45, 7) is 4.11. The van der Waals surface area contributed by atoms with Crippen molar-refractivity contribution in [3.63, 3.8) is 0 Å². The molecule has 3 heteroatoms. The highest BCUT2D eigenvalue weighted by molar-refractivity contribution is 9.10. The number of aryl methyl sites for hydroxylation is 1. The summed E-state index contributed by atoms with van der Waals surface area (Å²) in [5.74, 6) is 1.70. The number of halogens is 1. The number of hydrogen-bond acceptors (Lipinski definition) is 2. The van der Waals surface area contributed by atoms with Gasteiger partial charge in [-0.15, -0.1) is 0 Å². The maximum atomic E-state index is 6.12. The van der Waals surface area contributed by atoms with Crippen molar-refractivity contribution in [1.29, 1.82) is 0 Å². The molecule has 19 heavy (non-hydrogen) atoms. The fourth-order valence-corrected chi connectivity index (χ4v) is 2.42. The summed E-state index contributed by atoms with van der Waals surface area (Å²) in [4.78, 5) is 0. The lowest BCUT2D eigenvalue weighted by atomic mass is 10.0. The van der Waals surface area contributed by atoms with E-state index in [1.807, 2.05) is 49.4 Å². The molecule has 100 valence electrons. The maximum Gasteiger partial charge on any atom is 0.132 e. The summed E-state index contributed by atoms with van der Waals surface area (Å²) < 4.78 is 7.07. The van der Waals surface area contributed by atoms with Crippen molar-refractivity contribution in [3.05, 3.63) is 58.1 Å². The molecule has 0 spiro atoms. The van der Waals surface area contributed by atoms with Crippen molar-refractivity contribution < 1.29 is 4.74 Å². The lowest BCUT2D eigenvalue weighted by molar-refractivity contribution is 0.465. The van der Waals surface area contributed by atoms with Gasteiger partial charge in [-0.25, -0.2) is 0 Å². The summed E-state index contributed by atoms with van der Waals surface area (Å²) in [6.07, 6.45) is 0.889. The molecule has 2 N–H and O–H groups in total. The molecule has 2 nitrogen and oxygen atoms in total. The van der Waals surface area contributed by atoms with E-state index in [4.69, 9.17) is 10.5 Å². The normalized spacial score (nSPS) is 12.2. The van der Waals surface area contributed by atoms with Crippen LogP contribution in [0.25, 0.3) is 0 Å². The second-order valence-electron chi connectivity index (χ2n) is 4.56. The molecule has 0 bridgehead atoms. The largest absolute Gasteiger partial charge is 0.457 e. The number of ether oxygens (including phenoxy) is 1. The number of para-hydroxylation sites is 1. The van der Waals surface area contributed by atoms with Gasteiger partial charge in [-0.1, -0.05) is 41.1 Å². The van der Waals surface area contributed by atoms with Gasteiger partial charge in [-0.2, -0.15) is 0 Å². The predicted molar refractivity (Wildman–Crippen MR) is 82.6 cm³/mol. The van der Waals surface area contributed by atoms with E-state index in [2.05, 4.69) is 22.9 Å². The Kier molecular flexibility index (Phi) is 4.61. The minimum atomic E-state index is 0.00644. The highest BCUT2D eigenvalue weighted by Gasteiger charge is 2.11. The molecule has 0 saturated carbocycles. The van der Waals surface area contributed by atoms with E-state index in [1.165, 1.54) is 0 Å². The predicted octanol–water partition coefficient (Wildman–Crippen LogP) is 4.96. The van der Waals surface area contributed by atoms with Gasteiger partial charge in [0.1, 0.15) is 11.5 Å². The van der Waals surface area contributed by atoms with Crippen molar-refractivity contribution in [2.75, 3.05) is 0 Å². The van der Waals surface area contributed by atoms with Gasteiger partial charge in [0.25, 0.3) is 0 Å². The summed E-state index contributed by atoms with van der Waals surface area (Å²) in [5.41, 5.74) is 8.26. The lowest BCUT2D eigenvalue weighted by Crippen LogP contribution is -2.09. The number of hydrogen-bond donors (Lipinski definition) is 1. The average Bonchev–Trinajstić information content (AvgIpc) is 2.41. The molecule has 0 heterocycles. The van der Waals surface area contributed by atoms with Gasteiger partial charge in [0, 0.05) is 16.1 Å². The van der Waals surface area contributed by atoms with E-state index in [-0.39, 0.29) is 6.04 Å². The number of benzene rings is 2. The van der Waals surface area contributed by atoms with E-state index in [0.29, 0.717) is 0 Å². The van der Waals surface area contributed by atoms with Crippen LogP contribution in [-0.2, 0) is 0 Å². The molecule has 0 aliphatic heterocycles. The monoisotopic (exact) mass is 319 g/mol. The molecular formula is C16H18BrNO. The van der Waals surface area contributed by atoms with Crippen molar-refractivity contribution in [2.45, 2.75) is 26.3 Å². The Bertz CT molecular complexity index is 568. The topological polar surface area (TPSA) is 35.2 Å². The van der Waals surface area contributed by atoms with Crippen LogP contribution in [0.4, 0.5) is 0 Å². The summed E-state index contributed by atoms with van der Waals surface area (Å²) in [5, 5.41) is 0. The summed E-state index contributed by atoms with van der Waals surface area (Å²) in [7, 11) is 0. The zero-order valence-electron chi connectivity index (χ0n) is 11.2. The van der Waals surface area contributed by atoms with E-state index in [9.17, 15) is 0 Å². The molecule has 0 aromatic heterocycles. The highest BCUT2D eigenvalue weighted by atomic mass is 79.9. The van der Waals surface area contributed by atoms with Gasteiger partial charge in [0.2, 0.25) is 0 Å². The smallest absolute Gasteiger partial charge is 0.132 e. The van der Waals surface area contributed by atoms with Gasteiger partial charge >= 0.3 is 0 Å². The van der Waals surface area contributed by atoms with Crippen LogP contribution in [0.1, 0.15) is 30.5 Å². The SMILES string of the molecule is CC[C@H](N)c1ccccc1Oc1ccc(Br)cc1C. The second-order valence-corrected chi connectivity index (χ2v) is 5.48. The Hall–Kier alpha value is -1.32. The van der Waals surface area contributed by atoms with Crippen LogP contribution in [0.2, 0.25) is 0 Å². The molecule has 0 aliphatic carbocycles. The molecule has 1 atom stereocenters. The molecule has 2 aromatic carbocycles. The van der Waals surface area contributed by atoms with Crippen molar-refractivity contribution in [1.82, 2.24) is 0 Å². The minimum absolute atomic E-state index is 0.00644. The zero-order chi connectivity index (χ0) is 13.8. The molecule has 0 unspecified atom stereocenters. The Balaban J connectivity index is 2.33. The van der Waals surface area contributed by atoms with Gasteiger partial charge in [-0.3, -0.25) is 0 Å². The van der Waals surface area contributed by atoms with Crippen molar-refractivity contribution in [2.24, 2.45) is 5.73 Å². The first-order chi connectivity index (χ1) is 9.11. The molecule has 2 rings (SSSR count). The standard InChI is InChI=1S/C16H18BrNO/c1-3-14(18)13-6-4-5-7-16(13)19-15-9-8-12(17)10-11(15)2/h4-10,14H,3,18H2,1-2H3/t14-/m0/s1. The van der Waals surface area contributed by atoms with Crippen LogP contribution in [0.15, 0.2) is 46.9 Å². The molecule has 2 aromatic rings. The van der Waals surface area contributed by atoms with Gasteiger partial charge in [0.15, 0.2) is 0 Å². The van der Waals surface area contributed by atoms with Crippen LogP contribution in [0.5, 0.6) is 11.5 Å². The van der Waals surface area contributed by atoms with Crippen LogP contribution in [0, 0.1) is 6.92 Å². The third-order valence-electron chi connectivity index (χ3n) is 3.12. The minimum Gasteiger partial charge on any atom is -0.457 e. The van der Waals surface area contributed by atoms with Crippen LogP contribution in [0.3, 0.4) is 0 Å². The van der Waals surface area contributed by atoms with E-state index >= 15 is 0 Å². The van der Waals surface area contributed by atoms with Crippen LogP contribution < -0.4 is 10.5 Å². The Labute approximate surface area is 122 Å². The molecular weight excluding hydrogens is 302 g/mol. The maximum absolute atomic E-state index is 6.12. The third kappa shape index (κ3) is 3.37. The Morgan fingerprint density at radius 3 is 2.58 bits per heavy atom. The average molecular weight is 320 g/mol. The first kappa shape index (κ1) is 14.1. The fraction of sp³-hybridized carbons (Fsp3) is 0.250. The highest BCUT2D eigenvalue weighted by Crippen LogP contribution is 2.32. The lowest BCUT2D eigenvalue weighted by Gasteiger charge is -2.16. The fourth-order valence-electron chi connectivity index (χ4n) is 1.95. The first-order valence-corrected chi connectivity index (χ1v) is 7.19. The number of nitrogens with two attached hydrogens (primary N) is 1. The van der Waals surface area contributed by atoms with E-state index < -0.39 is 0 Å². The second kappa shape index (κ2) is 6.22. The van der Waals surface area contributed by atoms with Gasteiger partial charge in [-0.05, 0) is 43.2 Å². The van der Waals surface area contributed by atoms with Crippen LogP contribution >= 0.6 is 15.9 Å². The molecule has 0 aliphatic rings. The molecule has 0 fully saturated rings. The molecule has 0 radical (unpaired) electrons. The van der Waals surface area contributed by atoms with E-state index in [0.717, 1.165) is 33.5 Å². The van der Waals surface area contributed by atoms with Crippen LogP contribution in [-0.4, -0.2) is 0 Å². The number of rotatable bonds is 4. The third-order valence-corrected chi connectivity index (χ3v) is 3.61. The van der Waals surface area contributed by atoms with Crippen molar-refractivity contribution in [3.8, 4) is 11.5 Å². The molecule has 0 amide bonds. The summed E-state index contributed by atoms with van der Waals surface area (Å²) >= 11 is 3.46. The van der Waals surface area contributed by atoms with Gasteiger partial charge in [0.05, 0.1) is 0 Å². The zero-order valence-corrected chi connectivity index (χ0v) is 12.8. The van der Waals surface area contributed by atoms with Gasteiger partial charge < -0.3 is 10.5 Å². The quantitative estimate of drug-likeness (QED) is 0.864. The van der Waals surface area contributed by atoms with E-state index in [1.54, 1.807) is 0 Å². The Morgan fingerprint density at radius 2 is 1.89 bits per heavy atom. The first-order valence-electron chi connectivity index (χ1n) is 6.40. The molecule has 0 saturated heterocycles.